The van der Waals surface area contributed by atoms with Gasteiger partial charge in [-0.05, 0) is 55.3 Å². The fourth-order valence-electron chi connectivity index (χ4n) is 2.22. The highest BCUT2D eigenvalue weighted by Gasteiger charge is 2.11. The summed E-state index contributed by atoms with van der Waals surface area (Å²) in [6.07, 6.45) is 0.172. The maximum atomic E-state index is 11.9. The molecule has 2 aromatic rings. The fraction of sp³-hybridized carbons (Fsp3) is 0.263. The summed E-state index contributed by atoms with van der Waals surface area (Å²) in [5, 5.41) is 7.51. The Labute approximate surface area is 168 Å². The number of amides is 1. The topological polar surface area (TPSA) is 116 Å². The second-order valence-electron chi connectivity index (χ2n) is 6.13. The van der Waals surface area contributed by atoms with Gasteiger partial charge < -0.3 is 10.1 Å². The molecular formula is C19H22N2O5S2. The minimum absolute atomic E-state index is 0.120. The van der Waals surface area contributed by atoms with Crippen molar-refractivity contribution in [2.24, 2.45) is 5.14 Å². The summed E-state index contributed by atoms with van der Waals surface area (Å²) in [5.74, 6) is -0.509. The van der Waals surface area contributed by atoms with Crippen molar-refractivity contribution >= 4 is 39.3 Å². The second kappa shape index (κ2) is 9.72. The number of aryl methyl sites for hydroxylation is 2. The number of carbonyl (C=O) groups is 2. The van der Waals surface area contributed by atoms with Crippen LogP contribution in [0.4, 0.5) is 5.69 Å². The lowest BCUT2D eigenvalue weighted by Crippen LogP contribution is -2.21. The molecule has 1 amide bonds. The van der Waals surface area contributed by atoms with Gasteiger partial charge in [0, 0.05) is 16.3 Å². The van der Waals surface area contributed by atoms with Crippen LogP contribution in [0.2, 0.25) is 0 Å². The molecule has 0 radical (unpaired) electrons. The van der Waals surface area contributed by atoms with Crippen LogP contribution >= 0.6 is 11.8 Å². The Kier molecular flexibility index (Phi) is 7.61. The summed E-state index contributed by atoms with van der Waals surface area (Å²) in [5.41, 5.74) is 2.65. The molecule has 0 saturated heterocycles. The predicted molar refractivity (Wildman–Crippen MR) is 109 cm³/mol. The molecule has 0 aliphatic heterocycles. The average molecular weight is 423 g/mol. The predicted octanol–water partition coefficient (Wildman–Crippen LogP) is 2.61. The first-order valence-corrected chi connectivity index (χ1v) is 11.0. The number of benzene rings is 2. The highest BCUT2D eigenvalue weighted by atomic mass is 32.2. The number of nitrogens with one attached hydrogen (secondary N) is 1. The van der Waals surface area contributed by atoms with Crippen molar-refractivity contribution in [2.75, 3.05) is 17.7 Å². The monoisotopic (exact) mass is 422 g/mol. The number of ether oxygens (including phenoxy) is 1. The largest absolute Gasteiger partial charge is 0.456 e. The number of nitrogens with two attached hydrogens (primary N) is 1. The van der Waals surface area contributed by atoms with Crippen molar-refractivity contribution in [2.45, 2.75) is 30.1 Å². The molecule has 0 aliphatic carbocycles. The third kappa shape index (κ3) is 6.99. The molecule has 3 N–H and O–H groups in total. The molecular weight excluding hydrogens is 400 g/mol. The van der Waals surface area contributed by atoms with E-state index in [0.29, 0.717) is 5.75 Å². The summed E-state index contributed by atoms with van der Waals surface area (Å²) in [7, 11) is -3.86. The summed E-state index contributed by atoms with van der Waals surface area (Å²) in [6.45, 7) is 3.62. The molecule has 28 heavy (non-hydrogen) atoms. The van der Waals surface area contributed by atoms with E-state index in [1.165, 1.54) is 35.4 Å². The van der Waals surface area contributed by atoms with Crippen LogP contribution in [0.5, 0.6) is 0 Å². The third-order valence-corrected chi connectivity index (χ3v) is 5.77. The van der Waals surface area contributed by atoms with Crippen LogP contribution in [-0.4, -0.2) is 32.7 Å². The Morgan fingerprint density at radius 2 is 1.86 bits per heavy atom. The number of hydrogen-bond donors (Lipinski definition) is 2. The Balaban J connectivity index is 1.75. The van der Waals surface area contributed by atoms with E-state index in [9.17, 15) is 18.0 Å². The first-order chi connectivity index (χ1) is 13.1. The number of anilines is 1. The number of primary sulfonamides is 1. The van der Waals surface area contributed by atoms with Gasteiger partial charge in [0.2, 0.25) is 10.0 Å². The van der Waals surface area contributed by atoms with E-state index < -0.39 is 28.5 Å². The lowest BCUT2D eigenvalue weighted by atomic mass is 10.1. The summed E-state index contributed by atoms with van der Waals surface area (Å²) in [6, 6.07) is 11.6. The van der Waals surface area contributed by atoms with Crippen molar-refractivity contribution in [3.63, 3.8) is 0 Å². The molecule has 0 bridgehead atoms. The highest BCUT2D eigenvalue weighted by Crippen LogP contribution is 2.21. The summed E-state index contributed by atoms with van der Waals surface area (Å²) >= 11 is 1.54. The van der Waals surface area contributed by atoms with E-state index in [1.807, 2.05) is 26.0 Å². The van der Waals surface area contributed by atoms with E-state index in [0.717, 1.165) is 4.90 Å². The fourth-order valence-corrected chi connectivity index (χ4v) is 3.71. The minimum atomic E-state index is -3.86. The molecule has 2 rings (SSSR count). The van der Waals surface area contributed by atoms with Gasteiger partial charge >= 0.3 is 5.97 Å². The smallest absolute Gasteiger partial charge is 0.307 e. The van der Waals surface area contributed by atoms with Gasteiger partial charge in [-0.25, -0.2) is 13.6 Å². The van der Waals surface area contributed by atoms with Crippen LogP contribution in [0.3, 0.4) is 0 Å². The quantitative estimate of drug-likeness (QED) is 0.499. The first kappa shape index (κ1) is 21.9. The van der Waals surface area contributed by atoms with Crippen LogP contribution in [0, 0.1) is 13.8 Å². The van der Waals surface area contributed by atoms with E-state index in [4.69, 9.17) is 9.88 Å². The zero-order valence-corrected chi connectivity index (χ0v) is 17.2. The molecule has 0 aromatic heterocycles. The molecule has 0 spiro atoms. The van der Waals surface area contributed by atoms with Crippen molar-refractivity contribution in [3.8, 4) is 0 Å². The van der Waals surface area contributed by atoms with Crippen LogP contribution in [0.25, 0.3) is 0 Å². The molecule has 0 unspecified atom stereocenters. The molecule has 0 fully saturated rings. The normalized spacial score (nSPS) is 11.1. The van der Waals surface area contributed by atoms with Crippen LogP contribution in [-0.2, 0) is 24.3 Å². The Morgan fingerprint density at radius 3 is 2.54 bits per heavy atom. The lowest BCUT2D eigenvalue weighted by molar-refractivity contribution is -0.146. The number of rotatable bonds is 8. The van der Waals surface area contributed by atoms with Crippen molar-refractivity contribution < 1.29 is 22.7 Å². The Bertz CT molecular complexity index is 974. The minimum Gasteiger partial charge on any atom is -0.456 e. The Hall–Kier alpha value is -2.36. The molecule has 9 heteroatoms. The van der Waals surface area contributed by atoms with Crippen LogP contribution < -0.4 is 10.5 Å². The number of esters is 1. The SMILES string of the molecule is Cc1ccc(SCCC(=O)OCC(=O)Nc2cccc(S(N)(=O)=O)c2)cc1C. The highest BCUT2D eigenvalue weighted by molar-refractivity contribution is 7.99. The number of hydrogen-bond acceptors (Lipinski definition) is 6. The van der Waals surface area contributed by atoms with E-state index in [1.54, 1.807) is 11.8 Å². The zero-order valence-electron chi connectivity index (χ0n) is 15.6. The Morgan fingerprint density at radius 1 is 1.11 bits per heavy atom. The zero-order chi connectivity index (χ0) is 20.7. The van der Waals surface area contributed by atoms with Crippen molar-refractivity contribution in [1.82, 2.24) is 0 Å². The molecule has 0 atom stereocenters. The molecule has 150 valence electrons. The molecule has 0 saturated carbocycles. The average Bonchev–Trinajstić information content (AvgIpc) is 2.62. The van der Waals surface area contributed by atoms with E-state index in [2.05, 4.69) is 11.4 Å². The van der Waals surface area contributed by atoms with Crippen molar-refractivity contribution in [3.05, 3.63) is 53.6 Å². The summed E-state index contributed by atoms with van der Waals surface area (Å²) in [4.78, 5) is 24.6. The number of carbonyl (C=O) groups excluding carboxylic acids is 2. The van der Waals surface area contributed by atoms with Gasteiger partial charge in [0.05, 0.1) is 11.3 Å². The number of sulfonamides is 1. The molecule has 0 heterocycles. The number of thioether (sulfide) groups is 1. The van der Waals surface area contributed by atoms with Crippen molar-refractivity contribution in [1.29, 1.82) is 0 Å². The van der Waals surface area contributed by atoms with E-state index in [-0.39, 0.29) is 17.0 Å². The van der Waals surface area contributed by atoms with Gasteiger partial charge in [0.1, 0.15) is 0 Å². The molecule has 7 nitrogen and oxygen atoms in total. The maximum absolute atomic E-state index is 11.9. The third-order valence-electron chi connectivity index (χ3n) is 3.86. The van der Waals surface area contributed by atoms with Gasteiger partial charge in [0.25, 0.3) is 5.91 Å². The second-order valence-corrected chi connectivity index (χ2v) is 8.86. The molecule has 2 aromatic carbocycles. The van der Waals surface area contributed by atoms with Gasteiger partial charge in [-0.2, -0.15) is 0 Å². The lowest BCUT2D eigenvalue weighted by Gasteiger charge is -2.08. The maximum Gasteiger partial charge on any atom is 0.307 e. The van der Waals surface area contributed by atoms with Gasteiger partial charge in [-0.15, -0.1) is 11.8 Å². The van der Waals surface area contributed by atoms with Gasteiger partial charge in [-0.1, -0.05) is 12.1 Å². The van der Waals surface area contributed by atoms with Gasteiger partial charge in [0.15, 0.2) is 6.61 Å². The summed E-state index contributed by atoms with van der Waals surface area (Å²) < 4.78 is 27.6. The molecule has 0 aliphatic rings. The van der Waals surface area contributed by atoms with Crippen LogP contribution in [0.1, 0.15) is 17.5 Å². The van der Waals surface area contributed by atoms with Gasteiger partial charge in [-0.3, -0.25) is 9.59 Å². The standard InChI is InChI=1S/C19H22N2O5S2/c1-13-6-7-16(10-14(13)2)27-9-8-19(23)26-12-18(22)21-15-4-3-5-17(11-15)28(20,24)25/h3-7,10-11H,8-9,12H2,1-2H3,(H,21,22)(H2,20,24,25). The first-order valence-electron chi connectivity index (χ1n) is 8.43. The van der Waals surface area contributed by atoms with Crippen LogP contribution in [0.15, 0.2) is 52.3 Å². The van der Waals surface area contributed by atoms with E-state index >= 15 is 0 Å².